The molecule has 0 bridgehead atoms. The van der Waals surface area contributed by atoms with Crippen LogP contribution in [-0.2, 0) is 20.9 Å². The van der Waals surface area contributed by atoms with Crippen molar-refractivity contribution in [3.8, 4) is 0 Å². The molecule has 3 aromatic rings. The van der Waals surface area contributed by atoms with Crippen LogP contribution in [0.2, 0.25) is 0 Å². The molecule has 3 aromatic carbocycles. The maximum atomic E-state index is 11.7. The normalized spacial score (nSPS) is 20.8. The van der Waals surface area contributed by atoms with Crippen LogP contribution in [0.15, 0.2) is 48.5 Å². The second-order valence-electron chi connectivity index (χ2n) is 6.94. The highest BCUT2D eigenvalue weighted by atomic mass is 16.7. The first-order chi connectivity index (χ1) is 12.1. The fourth-order valence-electron chi connectivity index (χ4n) is 3.82. The third-order valence-corrected chi connectivity index (χ3v) is 5.18. The molecule has 0 saturated carbocycles. The van der Waals surface area contributed by atoms with Crippen LogP contribution in [0.25, 0.3) is 21.5 Å². The average molecular weight is 334 g/mol. The molecule has 1 unspecified atom stereocenters. The Morgan fingerprint density at radius 3 is 2.12 bits per heavy atom. The molecule has 0 N–H and O–H groups in total. The maximum Gasteiger partial charge on any atom is 0.308 e. The maximum absolute atomic E-state index is 11.7. The van der Waals surface area contributed by atoms with Crippen LogP contribution in [0.4, 0.5) is 0 Å². The van der Waals surface area contributed by atoms with Gasteiger partial charge in [-0.15, -0.1) is 0 Å². The van der Waals surface area contributed by atoms with Crippen LogP contribution < -0.4 is 0 Å². The summed E-state index contributed by atoms with van der Waals surface area (Å²) in [4.78, 5) is 11.7. The molecule has 0 aromatic heterocycles. The standard InChI is InChI=1S/C22H22O3/c1-15-16-8-3-5-10-18(16)20(19-11-6-4-9-17(15)19)14-24-22(2)13-7-12-21(23)25-22/h3-6,8-11H,7,12-14H2,1-2H3. The van der Waals surface area contributed by atoms with E-state index < -0.39 is 5.79 Å². The molecule has 4 rings (SSSR count). The van der Waals surface area contributed by atoms with Crippen molar-refractivity contribution in [3.05, 3.63) is 59.7 Å². The summed E-state index contributed by atoms with van der Waals surface area (Å²) in [5, 5.41) is 4.88. The minimum Gasteiger partial charge on any atom is -0.433 e. The lowest BCUT2D eigenvalue weighted by atomic mass is 9.93. The topological polar surface area (TPSA) is 35.5 Å². The van der Waals surface area contributed by atoms with E-state index in [2.05, 4.69) is 55.5 Å². The van der Waals surface area contributed by atoms with E-state index in [1.54, 1.807) is 0 Å². The smallest absolute Gasteiger partial charge is 0.308 e. The molecule has 1 fully saturated rings. The van der Waals surface area contributed by atoms with E-state index in [1.807, 2.05) is 6.92 Å². The lowest BCUT2D eigenvalue weighted by Crippen LogP contribution is -2.38. The van der Waals surface area contributed by atoms with Gasteiger partial charge >= 0.3 is 5.97 Å². The Morgan fingerprint density at radius 1 is 1.00 bits per heavy atom. The fourth-order valence-corrected chi connectivity index (χ4v) is 3.82. The Bertz CT molecular complexity index is 903. The third-order valence-electron chi connectivity index (χ3n) is 5.18. The van der Waals surface area contributed by atoms with Gasteiger partial charge < -0.3 is 9.47 Å². The van der Waals surface area contributed by atoms with Crippen molar-refractivity contribution >= 4 is 27.5 Å². The van der Waals surface area contributed by atoms with Gasteiger partial charge in [0.25, 0.3) is 0 Å². The summed E-state index contributed by atoms with van der Waals surface area (Å²) in [5.74, 6) is -1.00. The van der Waals surface area contributed by atoms with Gasteiger partial charge in [-0.25, -0.2) is 0 Å². The number of cyclic esters (lactones) is 1. The van der Waals surface area contributed by atoms with E-state index in [-0.39, 0.29) is 5.97 Å². The minimum absolute atomic E-state index is 0.174. The molecule has 3 heteroatoms. The van der Waals surface area contributed by atoms with Crippen molar-refractivity contribution in [3.63, 3.8) is 0 Å². The second-order valence-corrected chi connectivity index (χ2v) is 6.94. The lowest BCUT2D eigenvalue weighted by molar-refractivity contribution is -0.241. The first-order valence-electron chi connectivity index (χ1n) is 8.82. The van der Waals surface area contributed by atoms with Crippen LogP contribution in [0.5, 0.6) is 0 Å². The summed E-state index contributed by atoms with van der Waals surface area (Å²) < 4.78 is 11.6. The summed E-state index contributed by atoms with van der Waals surface area (Å²) >= 11 is 0. The summed E-state index contributed by atoms with van der Waals surface area (Å²) in [7, 11) is 0. The zero-order valence-electron chi connectivity index (χ0n) is 14.7. The van der Waals surface area contributed by atoms with Gasteiger partial charge in [0.1, 0.15) is 0 Å². The Balaban J connectivity index is 1.80. The molecule has 1 saturated heterocycles. The van der Waals surface area contributed by atoms with Crippen molar-refractivity contribution in [1.29, 1.82) is 0 Å². The molecule has 0 radical (unpaired) electrons. The highest BCUT2D eigenvalue weighted by Crippen LogP contribution is 2.35. The molecule has 3 nitrogen and oxygen atoms in total. The highest BCUT2D eigenvalue weighted by Gasteiger charge is 2.33. The zero-order valence-corrected chi connectivity index (χ0v) is 14.7. The van der Waals surface area contributed by atoms with Crippen molar-refractivity contribution in [2.45, 2.75) is 45.5 Å². The van der Waals surface area contributed by atoms with E-state index in [9.17, 15) is 4.79 Å². The second kappa shape index (κ2) is 6.16. The van der Waals surface area contributed by atoms with Crippen LogP contribution in [-0.4, -0.2) is 11.8 Å². The quantitative estimate of drug-likeness (QED) is 0.484. The summed E-state index contributed by atoms with van der Waals surface area (Å²) in [6.45, 7) is 4.45. The largest absolute Gasteiger partial charge is 0.433 e. The van der Waals surface area contributed by atoms with Crippen molar-refractivity contribution in [2.75, 3.05) is 0 Å². The molecule has 1 aliphatic heterocycles. The predicted molar refractivity (Wildman–Crippen MR) is 99.3 cm³/mol. The van der Waals surface area contributed by atoms with Crippen LogP contribution in [0, 0.1) is 6.92 Å². The SMILES string of the molecule is Cc1c2ccccc2c(COC2(C)CCCC(=O)O2)c2ccccc12. The van der Waals surface area contributed by atoms with Gasteiger partial charge in [0, 0.05) is 19.8 Å². The zero-order chi connectivity index (χ0) is 17.4. The van der Waals surface area contributed by atoms with Gasteiger partial charge in [0.2, 0.25) is 5.79 Å². The first-order valence-corrected chi connectivity index (χ1v) is 8.82. The average Bonchev–Trinajstić information content (AvgIpc) is 2.61. The molecule has 128 valence electrons. The Hall–Kier alpha value is -2.39. The summed E-state index contributed by atoms with van der Waals surface area (Å²) in [6.07, 6.45) is 2.03. The number of ether oxygens (including phenoxy) is 2. The number of hydrogen-bond donors (Lipinski definition) is 0. The number of esters is 1. The predicted octanol–water partition coefficient (Wildman–Crippen LogP) is 5.26. The number of carbonyl (C=O) groups excluding carboxylic acids is 1. The fraction of sp³-hybridized carbons (Fsp3) is 0.318. The molecule has 1 heterocycles. The van der Waals surface area contributed by atoms with Gasteiger partial charge in [0.15, 0.2) is 0 Å². The molecule has 0 aliphatic carbocycles. The Morgan fingerprint density at radius 2 is 1.56 bits per heavy atom. The van der Waals surface area contributed by atoms with Gasteiger partial charge in [0.05, 0.1) is 6.61 Å². The number of aryl methyl sites for hydroxylation is 1. The van der Waals surface area contributed by atoms with Gasteiger partial charge in [-0.3, -0.25) is 4.79 Å². The number of fused-ring (bicyclic) bond motifs is 2. The number of benzene rings is 3. The van der Waals surface area contributed by atoms with Gasteiger partial charge in [-0.2, -0.15) is 0 Å². The van der Waals surface area contributed by atoms with Crippen LogP contribution in [0.1, 0.15) is 37.3 Å². The van der Waals surface area contributed by atoms with E-state index >= 15 is 0 Å². The van der Waals surface area contributed by atoms with E-state index in [0.717, 1.165) is 18.4 Å². The summed E-state index contributed by atoms with van der Waals surface area (Å²) in [5.41, 5.74) is 2.44. The molecular weight excluding hydrogens is 312 g/mol. The third kappa shape index (κ3) is 2.89. The molecular formula is C22H22O3. The van der Waals surface area contributed by atoms with Crippen molar-refractivity contribution < 1.29 is 14.3 Å². The summed E-state index contributed by atoms with van der Waals surface area (Å²) in [6, 6.07) is 16.8. The lowest BCUT2D eigenvalue weighted by Gasteiger charge is -2.33. The number of carbonyl (C=O) groups is 1. The molecule has 25 heavy (non-hydrogen) atoms. The van der Waals surface area contributed by atoms with Crippen molar-refractivity contribution in [1.82, 2.24) is 0 Å². The van der Waals surface area contributed by atoms with Crippen LogP contribution in [0.3, 0.4) is 0 Å². The van der Waals surface area contributed by atoms with E-state index in [4.69, 9.17) is 9.47 Å². The molecule has 0 spiro atoms. The first kappa shape index (κ1) is 16.1. The number of rotatable bonds is 3. The molecule has 0 amide bonds. The molecule has 1 aliphatic rings. The van der Waals surface area contributed by atoms with Gasteiger partial charge in [-0.05, 0) is 46.0 Å². The van der Waals surface area contributed by atoms with Crippen LogP contribution >= 0.6 is 0 Å². The minimum atomic E-state index is -0.831. The van der Waals surface area contributed by atoms with Crippen molar-refractivity contribution in [2.24, 2.45) is 0 Å². The van der Waals surface area contributed by atoms with E-state index in [1.165, 1.54) is 27.1 Å². The highest BCUT2D eigenvalue weighted by molar-refractivity contribution is 6.05. The Kier molecular flexibility index (Phi) is 3.97. The molecule has 1 atom stereocenters. The van der Waals surface area contributed by atoms with E-state index in [0.29, 0.717) is 13.0 Å². The van der Waals surface area contributed by atoms with Gasteiger partial charge in [-0.1, -0.05) is 48.5 Å². The number of hydrogen-bond acceptors (Lipinski definition) is 3. The Labute approximate surface area is 147 Å². The monoisotopic (exact) mass is 334 g/mol.